The molecule has 1 atom stereocenters. The van der Waals surface area contributed by atoms with Crippen molar-refractivity contribution in [2.75, 3.05) is 12.8 Å². The average Bonchev–Trinajstić information content (AvgIpc) is 2.41. The first-order chi connectivity index (χ1) is 8.70. The van der Waals surface area contributed by atoms with Gasteiger partial charge in [0.25, 0.3) is 0 Å². The molecule has 4 heteroatoms. The minimum atomic E-state index is -0.0950. The van der Waals surface area contributed by atoms with Crippen molar-refractivity contribution in [3.63, 3.8) is 0 Å². The number of benzene rings is 1. The van der Waals surface area contributed by atoms with Gasteiger partial charge in [-0.1, -0.05) is 12.1 Å². The molecule has 0 saturated heterocycles. The van der Waals surface area contributed by atoms with Crippen LogP contribution in [0.15, 0.2) is 42.7 Å². The predicted molar refractivity (Wildman–Crippen MR) is 72.3 cm³/mol. The summed E-state index contributed by atoms with van der Waals surface area (Å²) in [4.78, 5) is 4.06. The summed E-state index contributed by atoms with van der Waals surface area (Å²) in [5, 5.41) is 0. The first-order valence-electron chi connectivity index (χ1n) is 5.78. The first-order valence-corrected chi connectivity index (χ1v) is 5.78. The highest BCUT2D eigenvalue weighted by Crippen LogP contribution is 2.21. The number of nitrogens with two attached hydrogens (primary N) is 2. The maximum absolute atomic E-state index is 6.16. The van der Waals surface area contributed by atoms with Gasteiger partial charge in [0.15, 0.2) is 0 Å². The largest absolute Gasteiger partial charge is 0.497 e. The number of nitrogen functional groups attached to an aromatic ring is 1. The molecule has 94 valence electrons. The minimum absolute atomic E-state index is 0.0950. The van der Waals surface area contributed by atoms with Crippen LogP contribution in [-0.2, 0) is 6.42 Å². The van der Waals surface area contributed by atoms with Crippen LogP contribution in [0.1, 0.15) is 17.2 Å². The highest BCUT2D eigenvalue weighted by Gasteiger charge is 2.09. The Morgan fingerprint density at radius 2 is 1.94 bits per heavy atom. The van der Waals surface area contributed by atoms with E-state index >= 15 is 0 Å². The smallest absolute Gasteiger partial charge is 0.118 e. The SMILES string of the molecule is COc1ccc(C(N)Cc2cnccc2N)cc1. The van der Waals surface area contributed by atoms with Crippen molar-refractivity contribution in [2.24, 2.45) is 5.73 Å². The fraction of sp³-hybridized carbons (Fsp3) is 0.214. The molecule has 0 spiro atoms. The quantitative estimate of drug-likeness (QED) is 0.860. The number of aromatic nitrogens is 1. The summed E-state index contributed by atoms with van der Waals surface area (Å²) in [6, 6.07) is 9.44. The highest BCUT2D eigenvalue weighted by molar-refractivity contribution is 5.45. The van der Waals surface area contributed by atoms with Gasteiger partial charge < -0.3 is 16.2 Å². The van der Waals surface area contributed by atoms with E-state index in [1.54, 1.807) is 25.6 Å². The van der Waals surface area contributed by atoms with E-state index in [0.29, 0.717) is 6.42 Å². The van der Waals surface area contributed by atoms with Crippen LogP contribution in [0.25, 0.3) is 0 Å². The molecule has 0 aliphatic heterocycles. The Balaban J connectivity index is 2.11. The van der Waals surface area contributed by atoms with Crippen LogP contribution < -0.4 is 16.2 Å². The van der Waals surface area contributed by atoms with Gasteiger partial charge in [0.1, 0.15) is 5.75 Å². The van der Waals surface area contributed by atoms with E-state index in [2.05, 4.69) is 4.98 Å². The van der Waals surface area contributed by atoms with Crippen molar-refractivity contribution in [3.05, 3.63) is 53.9 Å². The summed E-state index contributed by atoms with van der Waals surface area (Å²) in [5.74, 6) is 0.826. The molecule has 0 aliphatic rings. The standard InChI is InChI=1S/C14H17N3O/c1-18-12-4-2-10(3-5-12)14(16)8-11-9-17-7-6-13(11)15/h2-7,9,14H,8,16H2,1H3,(H2,15,17). The van der Waals surface area contributed by atoms with E-state index in [9.17, 15) is 0 Å². The number of hydrogen-bond acceptors (Lipinski definition) is 4. The fourth-order valence-corrected chi connectivity index (χ4v) is 1.81. The number of nitrogens with zero attached hydrogens (tertiary/aromatic N) is 1. The van der Waals surface area contributed by atoms with Gasteiger partial charge in [0.2, 0.25) is 0 Å². The second-order valence-corrected chi connectivity index (χ2v) is 4.16. The van der Waals surface area contributed by atoms with Crippen LogP contribution in [0.2, 0.25) is 0 Å². The molecule has 2 rings (SSSR count). The summed E-state index contributed by atoms with van der Waals surface area (Å²) in [7, 11) is 1.64. The third kappa shape index (κ3) is 2.78. The lowest BCUT2D eigenvalue weighted by Crippen LogP contribution is -2.14. The molecule has 4 N–H and O–H groups in total. The molecule has 0 aliphatic carbocycles. The van der Waals surface area contributed by atoms with Crippen LogP contribution in [-0.4, -0.2) is 12.1 Å². The van der Waals surface area contributed by atoms with Gasteiger partial charge in [0, 0.05) is 24.1 Å². The summed E-state index contributed by atoms with van der Waals surface area (Å²) in [5.41, 5.74) is 14.8. The van der Waals surface area contributed by atoms with Crippen LogP contribution >= 0.6 is 0 Å². The van der Waals surface area contributed by atoms with E-state index in [1.807, 2.05) is 24.3 Å². The molecular formula is C14H17N3O. The van der Waals surface area contributed by atoms with Crippen LogP contribution in [0.5, 0.6) is 5.75 Å². The highest BCUT2D eigenvalue weighted by atomic mass is 16.5. The van der Waals surface area contributed by atoms with Crippen molar-refractivity contribution in [2.45, 2.75) is 12.5 Å². The molecule has 0 saturated carbocycles. The number of rotatable bonds is 4. The number of methoxy groups -OCH3 is 1. The normalized spacial score (nSPS) is 12.1. The zero-order valence-corrected chi connectivity index (χ0v) is 10.3. The van der Waals surface area contributed by atoms with Gasteiger partial charge >= 0.3 is 0 Å². The molecule has 1 unspecified atom stereocenters. The predicted octanol–water partition coefficient (Wildman–Crippen LogP) is 1.91. The zero-order valence-electron chi connectivity index (χ0n) is 10.3. The van der Waals surface area contributed by atoms with Crippen LogP contribution in [0, 0.1) is 0 Å². The minimum Gasteiger partial charge on any atom is -0.497 e. The lowest BCUT2D eigenvalue weighted by atomic mass is 10.00. The molecule has 4 nitrogen and oxygen atoms in total. The molecule has 0 fully saturated rings. The Bertz CT molecular complexity index is 511. The third-order valence-electron chi connectivity index (χ3n) is 2.93. The summed E-state index contributed by atoms with van der Waals surface area (Å²) < 4.78 is 5.12. The van der Waals surface area contributed by atoms with E-state index in [-0.39, 0.29) is 6.04 Å². The number of hydrogen-bond donors (Lipinski definition) is 2. The Labute approximate surface area is 107 Å². The van der Waals surface area contributed by atoms with Gasteiger partial charge in [-0.25, -0.2) is 0 Å². The Morgan fingerprint density at radius 3 is 2.56 bits per heavy atom. The van der Waals surface area contributed by atoms with Crippen molar-refractivity contribution in [1.29, 1.82) is 0 Å². The first kappa shape index (κ1) is 12.4. The van der Waals surface area contributed by atoms with Crippen molar-refractivity contribution >= 4 is 5.69 Å². The van der Waals surface area contributed by atoms with Crippen LogP contribution in [0.4, 0.5) is 5.69 Å². The monoisotopic (exact) mass is 243 g/mol. The zero-order chi connectivity index (χ0) is 13.0. The Hall–Kier alpha value is -2.07. The molecule has 1 aromatic heterocycles. The summed E-state index contributed by atoms with van der Waals surface area (Å²) in [6.07, 6.45) is 4.11. The van der Waals surface area contributed by atoms with Gasteiger partial charge in [-0.05, 0) is 35.7 Å². The summed E-state index contributed by atoms with van der Waals surface area (Å²) in [6.45, 7) is 0. The molecule has 1 heterocycles. The van der Waals surface area contributed by atoms with E-state index in [4.69, 9.17) is 16.2 Å². The van der Waals surface area contributed by atoms with Gasteiger partial charge in [-0.15, -0.1) is 0 Å². The van der Waals surface area contributed by atoms with Crippen molar-refractivity contribution in [3.8, 4) is 5.75 Å². The molecule has 2 aromatic rings. The lowest BCUT2D eigenvalue weighted by molar-refractivity contribution is 0.414. The Kier molecular flexibility index (Phi) is 3.79. The van der Waals surface area contributed by atoms with E-state index in [0.717, 1.165) is 22.6 Å². The maximum atomic E-state index is 6.16. The topological polar surface area (TPSA) is 74.2 Å². The second kappa shape index (κ2) is 5.51. The van der Waals surface area contributed by atoms with E-state index in [1.165, 1.54) is 0 Å². The van der Waals surface area contributed by atoms with Gasteiger partial charge in [-0.3, -0.25) is 4.98 Å². The van der Waals surface area contributed by atoms with Crippen molar-refractivity contribution in [1.82, 2.24) is 4.98 Å². The van der Waals surface area contributed by atoms with E-state index < -0.39 is 0 Å². The Morgan fingerprint density at radius 1 is 1.22 bits per heavy atom. The van der Waals surface area contributed by atoms with Gasteiger partial charge in [-0.2, -0.15) is 0 Å². The molecule has 1 aromatic carbocycles. The summed E-state index contributed by atoms with van der Waals surface area (Å²) >= 11 is 0. The molecule has 0 bridgehead atoms. The second-order valence-electron chi connectivity index (χ2n) is 4.16. The molecule has 0 amide bonds. The fourth-order valence-electron chi connectivity index (χ4n) is 1.81. The van der Waals surface area contributed by atoms with Gasteiger partial charge in [0.05, 0.1) is 7.11 Å². The number of pyridine rings is 1. The lowest BCUT2D eigenvalue weighted by Gasteiger charge is -2.13. The maximum Gasteiger partial charge on any atom is 0.118 e. The van der Waals surface area contributed by atoms with Crippen molar-refractivity contribution < 1.29 is 4.74 Å². The third-order valence-corrected chi connectivity index (χ3v) is 2.93. The molecule has 18 heavy (non-hydrogen) atoms. The van der Waals surface area contributed by atoms with Crippen LogP contribution in [0.3, 0.4) is 0 Å². The average molecular weight is 243 g/mol. The number of ether oxygens (including phenoxy) is 1. The number of anilines is 1. The molecular weight excluding hydrogens is 226 g/mol. The molecule has 0 radical (unpaired) electrons.